The Morgan fingerprint density at radius 2 is 1.97 bits per heavy atom. The molecule has 0 radical (unpaired) electrons. The standard InChI is InChI=1S/C21H27N3O4S/c25-20(16-24-11-4-5-12-29(24,26)27)23-10-6-9-18(15-23)21-22-14-19(28-21)13-17-7-2-1-3-8-17/h1-3,7-8,14,18H,4-6,9-13,15-16H2. The molecule has 2 aliphatic heterocycles. The zero-order valence-corrected chi connectivity index (χ0v) is 17.3. The lowest BCUT2D eigenvalue weighted by Gasteiger charge is -2.33. The van der Waals surface area contributed by atoms with E-state index >= 15 is 0 Å². The van der Waals surface area contributed by atoms with E-state index in [2.05, 4.69) is 17.1 Å². The van der Waals surface area contributed by atoms with Crippen LogP contribution in [0, 0.1) is 0 Å². The summed E-state index contributed by atoms with van der Waals surface area (Å²) in [5.41, 5.74) is 1.17. The molecule has 0 aliphatic carbocycles. The zero-order chi connectivity index (χ0) is 20.3. The van der Waals surface area contributed by atoms with Gasteiger partial charge in [0.05, 0.1) is 24.4 Å². The van der Waals surface area contributed by atoms with Crippen LogP contribution in [0.5, 0.6) is 0 Å². The molecule has 3 heterocycles. The second-order valence-electron chi connectivity index (χ2n) is 7.86. The van der Waals surface area contributed by atoms with Gasteiger partial charge in [-0.05, 0) is 31.2 Å². The summed E-state index contributed by atoms with van der Waals surface area (Å²) >= 11 is 0. The molecule has 1 unspecified atom stereocenters. The topological polar surface area (TPSA) is 83.7 Å². The molecule has 156 valence electrons. The van der Waals surface area contributed by atoms with Crippen LogP contribution in [-0.4, -0.2) is 60.4 Å². The molecule has 2 aliphatic rings. The number of carbonyl (C=O) groups excluding carboxylic acids is 1. The number of carbonyl (C=O) groups is 1. The van der Waals surface area contributed by atoms with Crippen LogP contribution in [-0.2, 0) is 21.2 Å². The Morgan fingerprint density at radius 3 is 2.76 bits per heavy atom. The van der Waals surface area contributed by atoms with Crippen molar-refractivity contribution in [1.29, 1.82) is 0 Å². The minimum Gasteiger partial charge on any atom is -0.445 e. The van der Waals surface area contributed by atoms with Crippen LogP contribution in [0.3, 0.4) is 0 Å². The number of sulfonamides is 1. The highest BCUT2D eigenvalue weighted by Crippen LogP contribution is 2.27. The number of oxazole rings is 1. The molecular weight excluding hydrogens is 390 g/mol. The highest BCUT2D eigenvalue weighted by molar-refractivity contribution is 7.89. The van der Waals surface area contributed by atoms with Crippen LogP contribution in [0.2, 0.25) is 0 Å². The largest absolute Gasteiger partial charge is 0.445 e. The maximum absolute atomic E-state index is 12.7. The van der Waals surface area contributed by atoms with Gasteiger partial charge in [0, 0.05) is 26.1 Å². The number of hydrogen-bond donors (Lipinski definition) is 0. The lowest BCUT2D eigenvalue weighted by Crippen LogP contribution is -2.48. The highest BCUT2D eigenvalue weighted by atomic mass is 32.2. The van der Waals surface area contributed by atoms with E-state index in [1.54, 1.807) is 11.1 Å². The summed E-state index contributed by atoms with van der Waals surface area (Å²) in [6.45, 7) is 1.56. The van der Waals surface area contributed by atoms with Crippen LogP contribution in [0.15, 0.2) is 40.9 Å². The van der Waals surface area contributed by atoms with Crippen LogP contribution in [0.25, 0.3) is 0 Å². The van der Waals surface area contributed by atoms with Crippen molar-refractivity contribution in [3.05, 3.63) is 53.7 Å². The van der Waals surface area contributed by atoms with E-state index in [1.807, 2.05) is 18.2 Å². The van der Waals surface area contributed by atoms with Crippen molar-refractivity contribution in [3.63, 3.8) is 0 Å². The zero-order valence-electron chi connectivity index (χ0n) is 16.5. The molecule has 1 amide bonds. The fourth-order valence-corrected chi connectivity index (χ4v) is 5.61. The molecule has 1 atom stereocenters. The van der Waals surface area contributed by atoms with E-state index in [-0.39, 0.29) is 24.1 Å². The van der Waals surface area contributed by atoms with E-state index in [4.69, 9.17) is 4.42 Å². The Kier molecular flexibility index (Phi) is 6.01. The lowest BCUT2D eigenvalue weighted by atomic mass is 9.98. The number of benzene rings is 1. The van der Waals surface area contributed by atoms with E-state index in [0.29, 0.717) is 38.4 Å². The Labute approximate surface area is 171 Å². The van der Waals surface area contributed by atoms with Gasteiger partial charge in [0.15, 0.2) is 5.89 Å². The van der Waals surface area contributed by atoms with Crippen LogP contribution < -0.4 is 0 Å². The third-order valence-corrected chi connectivity index (χ3v) is 7.58. The van der Waals surface area contributed by atoms with E-state index in [9.17, 15) is 13.2 Å². The lowest BCUT2D eigenvalue weighted by molar-refractivity contribution is -0.132. The van der Waals surface area contributed by atoms with Gasteiger partial charge in [-0.3, -0.25) is 4.79 Å². The number of likely N-dealkylation sites (tertiary alicyclic amines) is 1. The molecule has 29 heavy (non-hydrogen) atoms. The van der Waals surface area contributed by atoms with Crippen LogP contribution in [0.1, 0.15) is 48.8 Å². The SMILES string of the molecule is O=C(CN1CCCCS1(=O)=O)N1CCCC(c2ncc(Cc3ccccc3)o2)C1. The summed E-state index contributed by atoms with van der Waals surface area (Å²) in [7, 11) is -3.29. The molecule has 1 aromatic carbocycles. The fourth-order valence-electron chi connectivity index (χ4n) is 4.06. The third-order valence-electron chi connectivity index (χ3n) is 5.68. The average molecular weight is 418 g/mol. The minimum absolute atomic E-state index is 0.0511. The molecule has 8 heteroatoms. The molecule has 0 bridgehead atoms. The van der Waals surface area contributed by atoms with Crippen molar-refractivity contribution in [2.45, 2.75) is 38.0 Å². The summed E-state index contributed by atoms with van der Waals surface area (Å²) in [6, 6.07) is 10.1. The molecule has 4 rings (SSSR count). The normalized spacial score (nSPS) is 22.5. The molecule has 0 saturated carbocycles. The molecule has 0 spiro atoms. The maximum atomic E-state index is 12.7. The second-order valence-corrected chi connectivity index (χ2v) is 9.95. The molecular formula is C21H27N3O4S. The van der Waals surface area contributed by atoms with Crippen molar-refractivity contribution >= 4 is 15.9 Å². The first-order valence-electron chi connectivity index (χ1n) is 10.3. The summed E-state index contributed by atoms with van der Waals surface area (Å²) in [4.78, 5) is 19.0. The Bertz CT molecular complexity index is 942. The van der Waals surface area contributed by atoms with E-state index in [1.165, 1.54) is 9.87 Å². The molecule has 7 nitrogen and oxygen atoms in total. The first-order valence-corrected chi connectivity index (χ1v) is 11.9. The fraction of sp³-hybridized carbons (Fsp3) is 0.524. The summed E-state index contributed by atoms with van der Waals surface area (Å²) in [5, 5.41) is 0. The smallest absolute Gasteiger partial charge is 0.237 e. The Balaban J connectivity index is 1.37. The van der Waals surface area contributed by atoms with Crippen molar-refractivity contribution in [2.24, 2.45) is 0 Å². The maximum Gasteiger partial charge on any atom is 0.237 e. The predicted molar refractivity (Wildman–Crippen MR) is 109 cm³/mol. The Hall–Kier alpha value is -2.19. The Morgan fingerprint density at radius 1 is 1.14 bits per heavy atom. The number of piperidine rings is 1. The summed E-state index contributed by atoms with van der Waals surface area (Å²) < 4.78 is 31.7. The van der Waals surface area contributed by atoms with Gasteiger partial charge in [-0.25, -0.2) is 13.4 Å². The number of aromatic nitrogens is 1. The van der Waals surface area contributed by atoms with Gasteiger partial charge in [0.25, 0.3) is 0 Å². The van der Waals surface area contributed by atoms with Crippen LogP contribution >= 0.6 is 0 Å². The number of nitrogens with zero attached hydrogens (tertiary/aromatic N) is 3. The monoisotopic (exact) mass is 417 g/mol. The average Bonchev–Trinajstić information content (AvgIpc) is 3.19. The van der Waals surface area contributed by atoms with E-state index in [0.717, 1.165) is 25.0 Å². The number of amides is 1. The second kappa shape index (κ2) is 8.67. The summed E-state index contributed by atoms with van der Waals surface area (Å²) in [6.07, 6.45) is 5.72. The molecule has 2 fully saturated rings. The van der Waals surface area contributed by atoms with Gasteiger partial charge < -0.3 is 9.32 Å². The predicted octanol–water partition coefficient (Wildman–Crippen LogP) is 2.40. The quantitative estimate of drug-likeness (QED) is 0.746. The first-order chi connectivity index (χ1) is 14.0. The van der Waals surface area contributed by atoms with Crippen molar-refractivity contribution in [1.82, 2.24) is 14.2 Å². The number of hydrogen-bond acceptors (Lipinski definition) is 5. The molecule has 0 N–H and O–H groups in total. The minimum atomic E-state index is -3.29. The molecule has 2 saturated heterocycles. The van der Waals surface area contributed by atoms with Crippen LogP contribution in [0.4, 0.5) is 0 Å². The number of rotatable bonds is 5. The van der Waals surface area contributed by atoms with Gasteiger partial charge in [-0.15, -0.1) is 0 Å². The van der Waals surface area contributed by atoms with Gasteiger partial charge in [0.1, 0.15) is 5.76 Å². The van der Waals surface area contributed by atoms with E-state index < -0.39 is 10.0 Å². The molecule has 1 aromatic heterocycles. The van der Waals surface area contributed by atoms with Gasteiger partial charge in [0.2, 0.25) is 15.9 Å². The van der Waals surface area contributed by atoms with Gasteiger partial charge in [-0.1, -0.05) is 30.3 Å². The highest BCUT2D eigenvalue weighted by Gasteiger charge is 2.32. The first kappa shape index (κ1) is 20.1. The van der Waals surface area contributed by atoms with Gasteiger partial charge >= 0.3 is 0 Å². The van der Waals surface area contributed by atoms with Crippen molar-refractivity contribution in [2.75, 3.05) is 31.9 Å². The summed E-state index contributed by atoms with van der Waals surface area (Å²) in [5.74, 6) is 1.54. The molecule has 2 aromatic rings. The van der Waals surface area contributed by atoms with Crippen molar-refractivity contribution in [3.8, 4) is 0 Å². The third kappa shape index (κ3) is 4.87. The van der Waals surface area contributed by atoms with Gasteiger partial charge in [-0.2, -0.15) is 4.31 Å². The van der Waals surface area contributed by atoms with Crippen molar-refractivity contribution < 1.29 is 17.6 Å².